The van der Waals surface area contributed by atoms with Crippen molar-refractivity contribution >= 4 is 45.1 Å². The Morgan fingerprint density at radius 1 is 1.22 bits per heavy atom. The van der Waals surface area contributed by atoms with Gasteiger partial charge in [-0.3, -0.25) is 10.1 Å². The lowest BCUT2D eigenvalue weighted by Gasteiger charge is -2.00. The molecule has 136 valence electrons. The van der Waals surface area contributed by atoms with Gasteiger partial charge in [0.15, 0.2) is 11.6 Å². The Balaban J connectivity index is 1.57. The van der Waals surface area contributed by atoms with Crippen molar-refractivity contribution < 1.29 is 13.9 Å². The molecule has 4 rings (SSSR count). The van der Waals surface area contributed by atoms with E-state index in [1.165, 1.54) is 0 Å². The average Bonchev–Trinajstić information content (AvgIpc) is 3.27. The number of ether oxygens (including phenoxy) is 1. The Bertz CT molecular complexity index is 1140. The number of carbonyl (C=O) groups excluding carboxylic acids is 1. The van der Waals surface area contributed by atoms with Crippen molar-refractivity contribution in [2.45, 2.75) is 6.92 Å². The third-order valence-electron chi connectivity index (χ3n) is 4.10. The Morgan fingerprint density at radius 2 is 2.00 bits per heavy atom. The van der Waals surface area contributed by atoms with E-state index in [-0.39, 0.29) is 11.7 Å². The average molecular weight is 400 g/mol. The summed E-state index contributed by atoms with van der Waals surface area (Å²) in [4.78, 5) is 17.0. The number of rotatable bonds is 4. The Morgan fingerprint density at radius 3 is 2.74 bits per heavy atom. The summed E-state index contributed by atoms with van der Waals surface area (Å²) in [5, 5.41) is 4.53. The van der Waals surface area contributed by atoms with Gasteiger partial charge in [0.2, 0.25) is 5.13 Å². The molecule has 4 aromatic rings. The number of benzene rings is 2. The molecule has 0 spiro atoms. The molecule has 0 fully saturated rings. The van der Waals surface area contributed by atoms with Crippen molar-refractivity contribution in [1.82, 2.24) is 9.36 Å². The topological polar surface area (TPSA) is 77.2 Å². The molecule has 0 saturated heterocycles. The van der Waals surface area contributed by atoms with E-state index in [1.54, 1.807) is 25.3 Å². The second-order valence-electron chi connectivity index (χ2n) is 5.80. The lowest BCUT2D eigenvalue weighted by molar-refractivity contribution is 0.0998. The lowest BCUT2D eigenvalue weighted by Crippen LogP contribution is -2.11. The molecule has 1 amide bonds. The molecule has 0 aliphatic rings. The van der Waals surface area contributed by atoms with E-state index in [0.29, 0.717) is 21.6 Å². The molecule has 0 bridgehead atoms. The van der Waals surface area contributed by atoms with Gasteiger partial charge < -0.3 is 9.15 Å². The van der Waals surface area contributed by atoms with Gasteiger partial charge in [-0.15, -0.1) is 0 Å². The third-order valence-corrected chi connectivity index (χ3v) is 4.96. The van der Waals surface area contributed by atoms with Gasteiger partial charge >= 0.3 is 0 Å². The number of hydrogen-bond acceptors (Lipinski definition) is 6. The lowest BCUT2D eigenvalue weighted by atomic mass is 10.1. The monoisotopic (exact) mass is 399 g/mol. The van der Waals surface area contributed by atoms with E-state index < -0.39 is 0 Å². The van der Waals surface area contributed by atoms with Crippen molar-refractivity contribution in [3.8, 4) is 17.1 Å². The van der Waals surface area contributed by atoms with Crippen LogP contribution in [0.3, 0.4) is 0 Å². The van der Waals surface area contributed by atoms with Crippen LogP contribution in [0, 0.1) is 6.92 Å². The van der Waals surface area contributed by atoms with Crippen molar-refractivity contribution in [3.05, 3.63) is 58.8 Å². The van der Waals surface area contributed by atoms with E-state index in [2.05, 4.69) is 14.7 Å². The first-order valence-electron chi connectivity index (χ1n) is 8.03. The number of hydrogen-bond donors (Lipinski definition) is 1. The fourth-order valence-corrected chi connectivity index (χ4v) is 3.45. The maximum Gasteiger partial charge on any atom is 0.293 e. The zero-order chi connectivity index (χ0) is 19.0. The van der Waals surface area contributed by atoms with E-state index in [1.807, 2.05) is 31.2 Å². The molecule has 27 heavy (non-hydrogen) atoms. The molecule has 6 nitrogen and oxygen atoms in total. The van der Waals surface area contributed by atoms with Crippen molar-refractivity contribution in [3.63, 3.8) is 0 Å². The van der Waals surface area contributed by atoms with Crippen LogP contribution < -0.4 is 10.1 Å². The Labute approximate surface area is 163 Å². The van der Waals surface area contributed by atoms with Gasteiger partial charge in [-0.25, -0.2) is 0 Å². The minimum atomic E-state index is -0.378. The molecule has 2 heterocycles. The molecule has 2 aromatic carbocycles. The summed E-state index contributed by atoms with van der Waals surface area (Å²) in [5.41, 5.74) is 2.17. The van der Waals surface area contributed by atoms with Crippen molar-refractivity contribution in [2.24, 2.45) is 0 Å². The van der Waals surface area contributed by atoms with E-state index in [0.717, 1.165) is 33.8 Å². The molecular weight excluding hydrogens is 386 g/mol. The molecule has 0 saturated carbocycles. The number of nitrogens with one attached hydrogen (secondary N) is 1. The number of amides is 1. The minimum Gasteiger partial charge on any atom is -0.497 e. The van der Waals surface area contributed by atoms with Crippen LogP contribution >= 0.6 is 23.1 Å². The van der Waals surface area contributed by atoms with Crippen molar-refractivity contribution in [2.75, 3.05) is 12.4 Å². The third kappa shape index (κ3) is 3.39. The summed E-state index contributed by atoms with van der Waals surface area (Å²) in [6.07, 6.45) is 0. The highest BCUT2D eigenvalue weighted by atomic mass is 35.5. The van der Waals surface area contributed by atoms with Gasteiger partial charge in [-0.2, -0.15) is 9.36 Å². The Kier molecular flexibility index (Phi) is 4.55. The van der Waals surface area contributed by atoms with E-state index in [9.17, 15) is 4.79 Å². The van der Waals surface area contributed by atoms with Crippen LogP contribution in [0.1, 0.15) is 16.1 Å². The standard InChI is InChI=1S/C19H14ClN3O3S/c1-10-14-9-12(20)5-8-15(14)26-16(10)18(24)22-19-21-17(23-27-19)11-3-6-13(25-2)7-4-11/h3-9H,1-2H3,(H,21,22,23,24). The number of furan rings is 1. The van der Waals surface area contributed by atoms with Crippen LogP contribution in [-0.4, -0.2) is 22.4 Å². The number of halogens is 1. The fraction of sp³-hybridized carbons (Fsp3) is 0.105. The number of aryl methyl sites for hydroxylation is 1. The van der Waals surface area contributed by atoms with Crippen LogP contribution in [0.25, 0.3) is 22.4 Å². The first-order chi connectivity index (χ1) is 13.0. The Hall–Kier alpha value is -2.90. The van der Waals surface area contributed by atoms with Gasteiger partial charge in [-0.1, -0.05) is 11.6 Å². The first-order valence-corrected chi connectivity index (χ1v) is 9.18. The number of nitrogens with zero attached hydrogens (tertiary/aromatic N) is 2. The summed E-state index contributed by atoms with van der Waals surface area (Å²) in [5.74, 6) is 1.14. The minimum absolute atomic E-state index is 0.230. The largest absolute Gasteiger partial charge is 0.497 e. The van der Waals surface area contributed by atoms with E-state index >= 15 is 0 Å². The van der Waals surface area contributed by atoms with Gasteiger partial charge in [0.1, 0.15) is 11.3 Å². The zero-order valence-corrected chi connectivity index (χ0v) is 16.0. The summed E-state index contributed by atoms with van der Waals surface area (Å²) in [6.45, 7) is 1.82. The molecule has 0 aliphatic carbocycles. The predicted molar refractivity (Wildman–Crippen MR) is 106 cm³/mol. The van der Waals surface area contributed by atoms with Crippen LogP contribution in [0.2, 0.25) is 5.02 Å². The molecular formula is C19H14ClN3O3S. The molecule has 0 aliphatic heterocycles. The fourth-order valence-electron chi connectivity index (χ4n) is 2.70. The summed E-state index contributed by atoms with van der Waals surface area (Å²) < 4.78 is 15.1. The zero-order valence-electron chi connectivity index (χ0n) is 14.4. The van der Waals surface area contributed by atoms with Crippen LogP contribution in [-0.2, 0) is 0 Å². The maximum atomic E-state index is 12.6. The van der Waals surface area contributed by atoms with E-state index in [4.69, 9.17) is 20.8 Å². The highest BCUT2D eigenvalue weighted by molar-refractivity contribution is 7.10. The second-order valence-corrected chi connectivity index (χ2v) is 6.99. The van der Waals surface area contributed by atoms with Gasteiger partial charge in [-0.05, 0) is 49.4 Å². The smallest absolute Gasteiger partial charge is 0.293 e. The second kappa shape index (κ2) is 7.02. The number of fused-ring (bicyclic) bond motifs is 1. The number of methoxy groups -OCH3 is 1. The molecule has 8 heteroatoms. The van der Waals surface area contributed by atoms with Gasteiger partial charge in [0.25, 0.3) is 5.91 Å². The van der Waals surface area contributed by atoms with Crippen LogP contribution in [0.15, 0.2) is 46.9 Å². The molecule has 1 N–H and O–H groups in total. The van der Waals surface area contributed by atoms with Crippen LogP contribution in [0.5, 0.6) is 5.75 Å². The van der Waals surface area contributed by atoms with Crippen molar-refractivity contribution in [1.29, 1.82) is 0 Å². The molecule has 0 radical (unpaired) electrons. The predicted octanol–water partition coefficient (Wildman–Crippen LogP) is 5.17. The number of carbonyl (C=O) groups is 1. The van der Waals surface area contributed by atoms with Crippen LogP contribution in [0.4, 0.5) is 5.13 Å². The maximum absolute atomic E-state index is 12.6. The molecule has 2 aromatic heterocycles. The van der Waals surface area contributed by atoms with Gasteiger partial charge in [0, 0.05) is 33.1 Å². The summed E-state index contributed by atoms with van der Waals surface area (Å²) >= 11 is 7.13. The normalized spacial score (nSPS) is 10.9. The first kappa shape index (κ1) is 17.5. The quantitative estimate of drug-likeness (QED) is 0.512. The highest BCUT2D eigenvalue weighted by Gasteiger charge is 2.19. The number of aromatic nitrogens is 2. The summed E-state index contributed by atoms with van der Waals surface area (Å²) in [6, 6.07) is 12.6. The summed E-state index contributed by atoms with van der Waals surface area (Å²) in [7, 11) is 1.61. The SMILES string of the molecule is COc1ccc(-c2nsc(NC(=O)c3oc4ccc(Cl)cc4c3C)n2)cc1. The molecule has 0 unspecified atom stereocenters. The van der Waals surface area contributed by atoms with Gasteiger partial charge in [0.05, 0.1) is 7.11 Å². The molecule has 0 atom stereocenters. The number of anilines is 1. The highest BCUT2D eigenvalue weighted by Crippen LogP contribution is 2.29.